The Kier molecular flexibility index (Phi) is 4.50. The van der Waals surface area contributed by atoms with Gasteiger partial charge in [0, 0.05) is 5.75 Å². The van der Waals surface area contributed by atoms with Crippen molar-refractivity contribution in [3.05, 3.63) is 17.9 Å². The van der Waals surface area contributed by atoms with Gasteiger partial charge in [0.1, 0.15) is 0 Å². The Morgan fingerprint density at radius 2 is 2.00 bits per heavy atom. The summed E-state index contributed by atoms with van der Waals surface area (Å²) in [7, 11) is -3.16. The molecule has 0 aliphatic carbocycles. The van der Waals surface area contributed by atoms with Crippen LogP contribution >= 0.6 is 11.8 Å². The van der Waals surface area contributed by atoms with E-state index >= 15 is 0 Å². The SMILES string of the molecule is CC(C)(C)S(=O)(=O)CCSc1ccc(C(=O)O)o1. The smallest absolute Gasteiger partial charge is 0.371 e. The van der Waals surface area contributed by atoms with E-state index in [1.165, 1.54) is 23.9 Å². The van der Waals surface area contributed by atoms with Gasteiger partial charge in [-0.05, 0) is 32.9 Å². The lowest BCUT2D eigenvalue weighted by Crippen LogP contribution is -2.31. The van der Waals surface area contributed by atoms with E-state index in [1.54, 1.807) is 20.8 Å². The minimum absolute atomic E-state index is 0.0320. The predicted molar refractivity (Wildman–Crippen MR) is 69.9 cm³/mol. The van der Waals surface area contributed by atoms with Crippen LogP contribution in [0.5, 0.6) is 0 Å². The van der Waals surface area contributed by atoms with E-state index in [0.717, 1.165) is 0 Å². The van der Waals surface area contributed by atoms with E-state index in [2.05, 4.69) is 0 Å². The van der Waals surface area contributed by atoms with Crippen LogP contribution in [0.4, 0.5) is 0 Å². The average molecular weight is 292 g/mol. The number of sulfone groups is 1. The van der Waals surface area contributed by atoms with E-state index in [0.29, 0.717) is 10.8 Å². The van der Waals surface area contributed by atoms with Crippen molar-refractivity contribution in [1.82, 2.24) is 0 Å². The number of thioether (sulfide) groups is 1. The Bertz CT molecular complexity index is 522. The molecule has 0 amide bonds. The Morgan fingerprint density at radius 3 is 2.44 bits per heavy atom. The first kappa shape index (κ1) is 15.1. The normalized spacial score (nSPS) is 12.6. The first-order valence-corrected chi connectivity index (χ1v) is 7.95. The lowest BCUT2D eigenvalue weighted by Gasteiger charge is -2.18. The van der Waals surface area contributed by atoms with E-state index in [4.69, 9.17) is 9.52 Å². The summed E-state index contributed by atoms with van der Waals surface area (Å²) >= 11 is 1.19. The zero-order valence-corrected chi connectivity index (χ0v) is 12.1. The van der Waals surface area contributed by atoms with Gasteiger partial charge in [0.25, 0.3) is 0 Å². The summed E-state index contributed by atoms with van der Waals surface area (Å²) in [4.78, 5) is 10.6. The number of carboxylic acids is 1. The quantitative estimate of drug-likeness (QED) is 0.838. The second-order valence-electron chi connectivity index (χ2n) is 4.70. The summed E-state index contributed by atoms with van der Waals surface area (Å²) in [6.45, 7) is 4.97. The summed E-state index contributed by atoms with van der Waals surface area (Å²) in [5, 5.41) is 9.07. The van der Waals surface area contributed by atoms with Crippen molar-refractivity contribution in [2.75, 3.05) is 11.5 Å². The van der Waals surface area contributed by atoms with Crippen molar-refractivity contribution in [2.45, 2.75) is 30.6 Å². The fourth-order valence-corrected chi connectivity index (χ4v) is 3.41. The Balaban J connectivity index is 2.54. The third-order valence-electron chi connectivity index (χ3n) is 2.32. The first-order chi connectivity index (χ1) is 8.13. The van der Waals surface area contributed by atoms with E-state index in [-0.39, 0.29) is 11.5 Å². The van der Waals surface area contributed by atoms with Crippen LogP contribution in [0.2, 0.25) is 0 Å². The molecule has 0 saturated heterocycles. The standard InChI is InChI=1S/C11H16O5S2/c1-11(2,3)18(14,15)7-6-17-9-5-4-8(16-9)10(12)13/h4-5H,6-7H2,1-3H3,(H,12,13). The summed E-state index contributed by atoms with van der Waals surface area (Å²) in [5.41, 5.74) is 0. The molecule has 0 aliphatic heterocycles. The first-order valence-electron chi connectivity index (χ1n) is 5.32. The molecular weight excluding hydrogens is 276 g/mol. The van der Waals surface area contributed by atoms with Gasteiger partial charge in [-0.15, -0.1) is 0 Å². The molecule has 0 fully saturated rings. The summed E-state index contributed by atoms with van der Waals surface area (Å²) in [5.74, 6) is -0.906. The molecule has 0 aromatic carbocycles. The maximum Gasteiger partial charge on any atom is 0.371 e. The number of carbonyl (C=O) groups is 1. The molecule has 0 atom stereocenters. The molecule has 1 aromatic heterocycles. The zero-order valence-electron chi connectivity index (χ0n) is 10.5. The number of rotatable bonds is 5. The molecular formula is C11H16O5S2. The lowest BCUT2D eigenvalue weighted by molar-refractivity contribution is 0.0656. The second-order valence-corrected chi connectivity index (χ2v) is 8.67. The number of carboxylic acid groups (broad SMARTS) is 1. The molecule has 0 bridgehead atoms. The zero-order chi connectivity index (χ0) is 14.0. The van der Waals surface area contributed by atoms with E-state index in [1.807, 2.05) is 0 Å². The topological polar surface area (TPSA) is 84.6 Å². The minimum atomic E-state index is -3.16. The number of furan rings is 1. The molecule has 0 aliphatic rings. The van der Waals surface area contributed by atoms with Gasteiger partial charge in [0.15, 0.2) is 14.9 Å². The van der Waals surface area contributed by atoms with Crippen molar-refractivity contribution in [1.29, 1.82) is 0 Å². The molecule has 1 heterocycles. The van der Waals surface area contributed by atoms with Gasteiger partial charge >= 0.3 is 5.97 Å². The van der Waals surface area contributed by atoms with Gasteiger partial charge < -0.3 is 9.52 Å². The van der Waals surface area contributed by atoms with Crippen LogP contribution in [0.25, 0.3) is 0 Å². The van der Waals surface area contributed by atoms with Crippen LogP contribution in [0, 0.1) is 0 Å². The highest BCUT2D eigenvalue weighted by atomic mass is 32.2. The van der Waals surface area contributed by atoms with Gasteiger partial charge in [-0.3, -0.25) is 0 Å². The van der Waals surface area contributed by atoms with Crippen LogP contribution in [-0.4, -0.2) is 35.7 Å². The van der Waals surface area contributed by atoms with Crippen LogP contribution in [-0.2, 0) is 9.84 Å². The molecule has 1 aromatic rings. The minimum Gasteiger partial charge on any atom is -0.475 e. The third-order valence-corrected chi connectivity index (χ3v) is 6.10. The summed E-state index contributed by atoms with van der Waals surface area (Å²) in [6.07, 6.45) is 0. The van der Waals surface area contributed by atoms with Crippen LogP contribution in [0.3, 0.4) is 0 Å². The fourth-order valence-electron chi connectivity index (χ4n) is 1.07. The average Bonchev–Trinajstić information content (AvgIpc) is 2.64. The maximum absolute atomic E-state index is 11.8. The summed E-state index contributed by atoms with van der Waals surface area (Å²) in [6, 6.07) is 2.88. The Labute approximate surface area is 110 Å². The third kappa shape index (κ3) is 3.78. The molecule has 5 nitrogen and oxygen atoms in total. The van der Waals surface area contributed by atoms with Crippen LogP contribution < -0.4 is 0 Å². The van der Waals surface area contributed by atoms with Crippen molar-refractivity contribution < 1.29 is 22.7 Å². The largest absolute Gasteiger partial charge is 0.475 e. The summed E-state index contributed by atoms with van der Waals surface area (Å²) < 4.78 is 27.9. The fraction of sp³-hybridized carbons (Fsp3) is 0.545. The van der Waals surface area contributed by atoms with Crippen LogP contribution in [0.15, 0.2) is 21.6 Å². The molecule has 0 radical (unpaired) electrons. The van der Waals surface area contributed by atoms with Gasteiger partial charge in [0.2, 0.25) is 5.76 Å². The van der Waals surface area contributed by atoms with Crippen molar-refractivity contribution in [2.24, 2.45) is 0 Å². The van der Waals surface area contributed by atoms with Crippen molar-refractivity contribution in [3.8, 4) is 0 Å². The number of aromatic carboxylic acids is 1. The molecule has 1 N–H and O–H groups in total. The Morgan fingerprint density at radius 1 is 1.39 bits per heavy atom. The van der Waals surface area contributed by atoms with E-state index in [9.17, 15) is 13.2 Å². The molecule has 0 spiro atoms. The van der Waals surface area contributed by atoms with Gasteiger partial charge in [-0.1, -0.05) is 11.8 Å². The second kappa shape index (κ2) is 5.36. The highest BCUT2D eigenvalue weighted by Crippen LogP contribution is 2.23. The lowest BCUT2D eigenvalue weighted by atomic mass is 10.3. The van der Waals surface area contributed by atoms with Gasteiger partial charge in [0.05, 0.1) is 10.5 Å². The molecule has 18 heavy (non-hydrogen) atoms. The van der Waals surface area contributed by atoms with Gasteiger partial charge in [-0.25, -0.2) is 13.2 Å². The van der Waals surface area contributed by atoms with Crippen molar-refractivity contribution in [3.63, 3.8) is 0 Å². The van der Waals surface area contributed by atoms with Crippen molar-refractivity contribution >= 4 is 27.6 Å². The number of hydrogen-bond acceptors (Lipinski definition) is 5. The molecule has 0 saturated carbocycles. The van der Waals surface area contributed by atoms with Gasteiger partial charge in [-0.2, -0.15) is 0 Å². The molecule has 1 rings (SSSR count). The highest BCUT2D eigenvalue weighted by Gasteiger charge is 2.28. The monoisotopic (exact) mass is 292 g/mol. The van der Waals surface area contributed by atoms with E-state index < -0.39 is 20.6 Å². The predicted octanol–water partition coefficient (Wildman–Crippen LogP) is 2.28. The van der Waals surface area contributed by atoms with Crippen LogP contribution in [0.1, 0.15) is 31.3 Å². The highest BCUT2D eigenvalue weighted by molar-refractivity contribution is 8.00. The number of hydrogen-bond donors (Lipinski definition) is 1. The molecule has 0 unspecified atom stereocenters. The molecule has 102 valence electrons. The maximum atomic E-state index is 11.8. The Hall–Kier alpha value is -0.950. The molecule has 7 heteroatoms.